The molecule has 1 aromatic carbocycles. The van der Waals surface area contributed by atoms with Gasteiger partial charge in [-0.15, -0.1) is 0 Å². The Morgan fingerprint density at radius 1 is 1.00 bits per heavy atom. The summed E-state index contributed by atoms with van der Waals surface area (Å²) >= 11 is 0. The van der Waals surface area contributed by atoms with E-state index in [9.17, 15) is 0 Å². The van der Waals surface area contributed by atoms with E-state index in [4.69, 9.17) is 10.1 Å². The van der Waals surface area contributed by atoms with Crippen molar-refractivity contribution in [2.24, 2.45) is 0 Å². The maximum absolute atomic E-state index is 4.79. The third kappa shape index (κ3) is 1.70. The van der Waals surface area contributed by atoms with Crippen LogP contribution in [0.25, 0.3) is 33.3 Å². The maximum atomic E-state index is 4.79. The van der Waals surface area contributed by atoms with Crippen LogP contribution in [0.5, 0.6) is 0 Å². The van der Waals surface area contributed by atoms with Gasteiger partial charge in [0.15, 0.2) is 11.3 Å². The minimum Gasteiger partial charge on any atom is -0.236 e. The van der Waals surface area contributed by atoms with Gasteiger partial charge in [-0.2, -0.15) is 14.7 Å². The topological polar surface area (TPSA) is 60.4 Å². The van der Waals surface area contributed by atoms with Crippen LogP contribution in [0.3, 0.4) is 0 Å². The zero-order chi connectivity index (χ0) is 16.1. The first kappa shape index (κ1) is 13.2. The second kappa shape index (κ2) is 4.86. The van der Waals surface area contributed by atoms with Gasteiger partial charge in [0.05, 0.1) is 22.8 Å². The molecular formula is C18H14N6. The van der Waals surface area contributed by atoms with Crippen LogP contribution >= 0.6 is 0 Å². The number of benzene rings is 1. The molecule has 4 heterocycles. The molecule has 6 heteroatoms. The Balaban J connectivity index is 1.93. The SMILES string of the molecule is CCc1nn2c(ncc3c4ccnn4cnc32)c1-c1ccccc1. The third-order valence-electron chi connectivity index (χ3n) is 4.32. The van der Waals surface area contributed by atoms with E-state index in [0.717, 1.165) is 45.4 Å². The predicted molar refractivity (Wildman–Crippen MR) is 91.9 cm³/mol. The van der Waals surface area contributed by atoms with Gasteiger partial charge < -0.3 is 0 Å². The van der Waals surface area contributed by atoms with Crippen LogP contribution in [-0.4, -0.2) is 29.2 Å². The second-order valence-electron chi connectivity index (χ2n) is 5.68. The standard InChI is InChI=1S/C18H14N6/c1-2-14-16(12-6-4-3-5-7-12)18-19-10-13-15-8-9-21-23(15)11-20-17(13)24(18)22-14/h3-11H,2H2,1H3. The molecule has 0 atom stereocenters. The molecule has 0 N–H and O–H groups in total. The third-order valence-corrected chi connectivity index (χ3v) is 4.32. The number of aromatic nitrogens is 6. The highest BCUT2D eigenvalue weighted by atomic mass is 15.3. The fourth-order valence-electron chi connectivity index (χ4n) is 3.20. The molecule has 0 saturated heterocycles. The van der Waals surface area contributed by atoms with E-state index < -0.39 is 0 Å². The van der Waals surface area contributed by atoms with Gasteiger partial charge in [0.1, 0.15) is 6.33 Å². The monoisotopic (exact) mass is 314 g/mol. The number of fused-ring (bicyclic) bond motifs is 5. The Morgan fingerprint density at radius 3 is 2.71 bits per heavy atom. The van der Waals surface area contributed by atoms with Gasteiger partial charge in [0.2, 0.25) is 0 Å². The summed E-state index contributed by atoms with van der Waals surface area (Å²) in [5, 5.41) is 9.96. The van der Waals surface area contributed by atoms with Crippen molar-refractivity contribution in [3.05, 3.63) is 60.8 Å². The van der Waals surface area contributed by atoms with Crippen LogP contribution in [0, 0.1) is 0 Å². The van der Waals surface area contributed by atoms with Crippen molar-refractivity contribution >= 4 is 22.2 Å². The Morgan fingerprint density at radius 2 is 1.88 bits per heavy atom. The largest absolute Gasteiger partial charge is 0.236 e. The molecule has 6 nitrogen and oxygen atoms in total. The van der Waals surface area contributed by atoms with Crippen LogP contribution in [0.15, 0.2) is 55.1 Å². The van der Waals surface area contributed by atoms with Crippen molar-refractivity contribution < 1.29 is 0 Å². The predicted octanol–water partition coefficient (Wildman–Crippen LogP) is 3.15. The van der Waals surface area contributed by atoms with Crippen LogP contribution in [0.4, 0.5) is 0 Å². The molecule has 0 bridgehead atoms. The highest BCUT2D eigenvalue weighted by Gasteiger charge is 2.17. The van der Waals surface area contributed by atoms with E-state index in [1.807, 2.05) is 35.0 Å². The fourth-order valence-corrected chi connectivity index (χ4v) is 3.20. The summed E-state index contributed by atoms with van der Waals surface area (Å²) < 4.78 is 3.60. The molecule has 5 rings (SSSR count). The fraction of sp³-hybridized carbons (Fsp3) is 0.111. The first-order valence-electron chi connectivity index (χ1n) is 7.91. The Hall–Kier alpha value is -3.28. The summed E-state index contributed by atoms with van der Waals surface area (Å²) in [5.41, 5.74) is 5.84. The number of aryl methyl sites for hydroxylation is 1. The molecule has 0 amide bonds. The molecule has 0 unspecified atom stereocenters. The van der Waals surface area contributed by atoms with E-state index in [-0.39, 0.29) is 0 Å². The van der Waals surface area contributed by atoms with Gasteiger partial charge in [0, 0.05) is 11.8 Å². The molecular weight excluding hydrogens is 300 g/mol. The van der Waals surface area contributed by atoms with Crippen molar-refractivity contribution in [1.29, 1.82) is 0 Å². The quantitative estimate of drug-likeness (QED) is 0.502. The van der Waals surface area contributed by atoms with Gasteiger partial charge in [-0.25, -0.2) is 14.5 Å². The summed E-state index contributed by atoms with van der Waals surface area (Å²) in [6, 6.07) is 12.2. The normalized spacial score (nSPS) is 11.7. The average molecular weight is 314 g/mol. The number of nitrogens with zero attached hydrogens (tertiary/aromatic N) is 6. The van der Waals surface area contributed by atoms with Crippen LogP contribution in [-0.2, 0) is 6.42 Å². The number of hydrogen-bond acceptors (Lipinski definition) is 4. The van der Waals surface area contributed by atoms with Crippen LogP contribution in [0.1, 0.15) is 12.6 Å². The molecule has 0 aliphatic rings. The molecule has 24 heavy (non-hydrogen) atoms. The minimum atomic E-state index is 0.796. The smallest absolute Gasteiger partial charge is 0.168 e. The summed E-state index contributed by atoms with van der Waals surface area (Å²) in [6.45, 7) is 2.11. The summed E-state index contributed by atoms with van der Waals surface area (Å²) in [5.74, 6) is 0. The van der Waals surface area contributed by atoms with Crippen molar-refractivity contribution in [3.63, 3.8) is 0 Å². The average Bonchev–Trinajstić information content (AvgIpc) is 3.26. The number of rotatable bonds is 2. The molecule has 4 aromatic heterocycles. The molecule has 0 aliphatic heterocycles. The number of hydrogen-bond donors (Lipinski definition) is 0. The van der Waals surface area contributed by atoms with Gasteiger partial charge >= 0.3 is 0 Å². The van der Waals surface area contributed by atoms with Crippen molar-refractivity contribution in [2.75, 3.05) is 0 Å². The van der Waals surface area contributed by atoms with E-state index in [1.54, 1.807) is 17.0 Å². The summed E-state index contributed by atoms with van der Waals surface area (Å²) in [6.07, 6.45) is 6.18. The molecule has 0 fully saturated rings. The highest BCUT2D eigenvalue weighted by molar-refractivity contribution is 5.93. The first-order chi connectivity index (χ1) is 11.9. The van der Waals surface area contributed by atoms with Crippen molar-refractivity contribution in [2.45, 2.75) is 13.3 Å². The van der Waals surface area contributed by atoms with Gasteiger partial charge in [-0.1, -0.05) is 37.3 Å². The Labute approximate surface area is 137 Å². The second-order valence-corrected chi connectivity index (χ2v) is 5.68. The van der Waals surface area contributed by atoms with Crippen LogP contribution < -0.4 is 0 Å². The first-order valence-corrected chi connectivity index (χ1v) is 7.91. The lowest BCUT2D eigenvalue weighted by atomic mass is 10.0. The molecule has 116 valence electrons. The van der Waals surface area contributed by atoms with Gasteiger partial charge in [-0.05, 0) is 18.1 Å². The van der Waals surface area contributed by atoms with E-state index >= 15 is 0 Å². The lowest BCUT2D eigenvalue weighted by Crippen LogP contribution is -1.99. The van der Waals surface area contributed by atoms with Crippen LogP contribution in [0.2, 0.25) is 0 Å². The summed E-state index contributed by atoms with van der Waals surface area (Å²) in [4.78, 5) is 9.26. The van der Waals surface area contributed by atoms with E-state index in [2.05, 4.69) is 29.1 Å². The van der Waals surface area contributed by atoms with Crippen molar-refractivity contribution in [1.82, 2.24) is 29.2 Å². The van der Waals surface area contributed by atoms with Gasteiger partial charge in [-0.3, -0.25) is 0 Å². The Bertz CT molecular complexity index is 1190. The molecule has 0 aliphatic carbocycles. The van der Waals surface area contributed by atoms with E-state index in [0.29, 0.717) is 0 Å². The zero-order valence-electron chi connectivity index (χ0n) is 13.1. The molecule has 0 saturated carbocycles. The van der Waals surface area contributed by atoms with Gasteiger partial charge in [0.25, 0.3) is 0 Å². The Kier molecular flexibility index (Phi) is 2.67. The lowest BCUT2D eigenvalue weighted by Gasteiger charge is -2.03. The summed E-state index contributed by atoms with van der Waals surface area (Å²) in [7, 11) is 0. The molecule has 5 aromatic rings. The minimum absolute atomic E-state index is 0.796. The van der Waals surface area contributed by atoms with Crippen molar-refractivity contribution in [3.8, 4) is 11.1 Å². The molecule has 0 radical (unpaired) electrons. The lowest BCUT2D eigenvalue weighted by molar-refractivity contribution is 0.884. The highest BCUT2D eigenvalue weighted by Crippen LogP contribution is 2.29. The zero-order valence-corrected chi connectivity index (χ0v) is 13.1. The maximum Gasteiger partial charge on any atom is 0.168 e. The van der Waals surface area contributed by atoms with E-state index in [1.165, 1.54) is 0 Å². The molecule has 0 spiro atoms.